The van der Waals surface area contributed by atoms with E-state index in [-0.39, 0.29) is 0 Å². The van der Waals surface area contributed by atoms with Crippen molar-refractivity contribution in [1.82, 2.24) is 10.2 Å². The molecule has 28 heavy (non-hydrogen) atoms. The van der Waals surface area contributed by atoms with Gasteiger partial charge in [0.25, 0.3) is 5.22 Å². The zero-order chi connectivity index (χ0) is 19.8. The summed E-state index contributed by atoms with van der Waals surface area (Å²) in [5, 5.41) is 17.6. The van der Waals surface area contributed by atoms with Crippen LogP contribution in [0.15, 0.2) is 58.2 Å². The van der Waals surface area contributed by atoms with Crippen molar-refractivity contribution in [1.29, 1.82) is 5.26 Å². The van der Waals surface area contributed by atoms with E-state index in [0.29, 0.717) is 34.8 Å². The molecule has 2 aromatic carbocycles. The molecule has 0 aliphatic heterocycles. The van der Waals surface area contributed by atoms with Gasteiger partial charge >= 0.3 is 0 Å². The van der Waals surface area contributed by atoms with Gasteiger partial charge in [-0.2, -0.15) is 5.26 Å². The van der Waals surface area contributed by atoms with Crippen molar-refractivity contribution in [3.05, 3.63) is 54.1 Å². The van der Waals surface area contributed by atoms with Crippen LogP contribution in [0.1, 0.15) is 19.4 Å². The van der Waals surface area contributed by atoms with Crippen molar-refractivity contribution in [2.45, 2.75) is 19.1 Å². The van der Waals surface area contributed by atoms with E-state index in [1.54, 1.807) is 18.2 Å². The number of aromatic nitrogens is 2. The first-order chi connectivity index (χ1) is 13.7. The van der Waals surface area contributed by atoms with Crippen LogP contribution in [0.25, 0.3) is 11.5 Å². The average Bonchev–Trinajstić information content (AvgIpc) is 3.22. The molecule has 0 saturated heterocycles. The minimum Gasteiger partial charge on any atom is -0.493 e. The Morgan fingerprint density at radius 2 is 1.89 bits per heavy atom. The average molecular weight is 395 g/mol. The molecule has 144 valence electrons. The quantitative estimate of drug-likeness (QED) is 0.387. The maximum absolute atomic E-state index is 8.91. The zero-order valence-electron chi connectivity index (χ0n) is 16.0. The Hall–Kier alpha value is -2.98. The Morgan fingerprint density at radius 3 is 2.61 bits per heavy atom. The van der Waals surface area contributed by atoms with Crippen LogP contribution in [-0.2, 0) is 0 Å². The van der Waals surface area contributed by atoms with Gasteiger partial charge < -0.3 is 14.1 Å². The van der Waals surface area contributed by atoms with Crippen molar-refractivity contribution in [3.63, 3.8) is 0 Å². The van der Waals surface area contributed by atoms with Crippen molar-refractivity contribution >= 4 is 17.4 Å². The number of ether oxygens (including phenoxy) is 1. The third-order valence-corrected chi connectivity index (χ3v) is 4.97. The van der Waals surface area contributed by atoms with Crippen LogP contribution >= 0.6 is 11.8 Å². The molecule has 0 unspecified atom stereocenters. The lowest BCUT2D eigenvalue weighted by atomic mass is 10.2. The number of anilines is 1. The molecule has 0 aliphatic rings. The lowest BCUT2D eigenvalue weighted by Crippen LogP contribution is -2.21. The van der Waals surface area contributed by atoms with Gasteiger partial charge in [0.15, 0.2) is 0 Å². The standard InChI is InChI=1S/C21H22N4O2S/c1-3-25(4-2)18-10-8-17(9-11-18)20-23-24-21(27-20)28-13-12-26-19-7-5-6-16(14-19)15-22/h5-11,14H,3-4,12-13H2,1-2H3. The molecule has 0 N–H and O–H groups in total. The highest BCUT2D eigenvalue weighted by Crippen LogP contribution is 2.25. The van der Waals surface area contributed by atoms with Crippen LogP contribution in [0.3, 0.4) is 0 Å². The highest BCUT2D eigenvalue weighted by atomic mass is 32.2. The van der Waals surface area contributed by atoms with Crippen molar-refractivity contribution in [2.24, 2.45) is 0 Å². The molecule has 1 aromatic heterocycles. The fourth-order valence-corrected chi connectivity index (χ4v) is 3.31. The van der Waals surface area contributed by atoms with Gasteiger partial charge in [0, 0.05) is 30.1 Å². The number of benzene rings is 2. The lowest BCUT2D eigenvalue weighted by Gasteiger charge is -2.20. The van der Waals surface area contributed by atoms with Gasteiger partial charge in [-0.05, 0) is 56.3 Å². The van der Waals surface area contributed by atoms with Crippen LogP contribution in [0, 0.1) is 11.3 Å². The van der Waals surface area contributed by atoms with Gasteiger partial charge in [0.1, 0.15) is 5.75 Å². The van der Waals surface area contributed by atoms with E-state index >= 15 is 0 Å². The summed E-state index contributed by atoms with van der Waals surface area (Å²) in [5.41, 5.74) is 2.67. The van der Waals surface area contributed by atoms with Crippen LogP contribution in [0.5, 0.6) is 5.75 Å². The second kappa shape index (κ2) is 9.81. The fraction of sp³-hybridized carbons (Fsp3) is 0.286. The van der Waals surface area contributed by atoms with E-state index in [0.717, 1.165) is 18.7 Å². The van der Waals surface area contributed by atoms with E-state index in [1.165, 1.54) is 17.4 Å². The molecular weight excluding hydrogens is 372 g/mol. The third kappa shape index (κ3) is 5.05. The molecule has 0 bridgehead atoms. The normalized spacial score (nSPS) is 10.5. The molecule has 3 rings (SSSR count). The van der Waals surface area contributed by atoms with Crippen molar-refractivity contribution in [3.8, 4) is 23.3 Å². The minimum absolute atomic E-state index is 0.482. The first-order valence-electron chi connectivity index (χ1n) is 9.18. The SMILES string of the molecule is CCN(CC)c1ccc(-c2nnc(SCCOc3cccc(C#N)c3)o2)cc1. The third-order valence-electron chi connectivity index (χ3n) is 4.19. The number of rotatable bonds is 9. The minimum atomic E-state index is 0.482. The van der Waals surface area contributed by atoms with Crippen LogP contribution < -0.4 is 9.64 Å². The largest absolute Gasteiger partial charge is 0.493 e. The number of nitriles is 1. The smallest absolute Gasteiger partial charge is 0.276 e. The molecule has 1 heterocycles. The highest BCUT2D eigenvalue weighted by Gasteiger charge is 2.10. The van der Waals surface area contributed by atoms with E-state index in [9.17, 15) is 0 Å². The summed E-state index contributed by atoms with van der Waals surface area (Å²) in [6, 6.07) is 17.3. The lowest BCUT2D eigenvalue weighted by molar-refractivity contribution is 0.343. The molecule has 6 nitrogen and oxygen atoms in total. The van der Waals surface area contributed by atoms with E-state index in [1.807, 2.05) is 18.2 Å². The fourth-order valence-electron chi connectivity index (χ4n) is 2.73. The molecule has 7 heteroatoms. The maximum atomic E-state index is 8.91. The van der Waals surface area contributed by atoms with Gasteiger partial charge in [0.2, 0.25) is 5.89 Å². The molecule has 0 fully saturated rings. The molecule has 3 aromatic rings. The number of hydrogen-bond acceptors (Lipinski definition) is 7. The molecule has 0 aliphatic carbocycles. The molecular formula is C21H22N4O2S. The van der Waals surface area contributed by atoms with Crippen LogP contribution in [-0.4, -0.2) is 35.6 Å². The topological polar surface area (TPSA) is 75.2 Å². The second-order valence-corrected chi connectivity index (χ2v) is 6.98. The number of nitrogens with zero attached hydrogens (tertiary/aromatic N) is 4. The summed E-state index contributed by atoms with van der Waals surface area (Å²) in [4.78, 5) is 2.28. The van der Waals surface area contributed by atoms with Crippen molar-refractivity contribution < 1.29 is 9.15 Å². The predicted molar refractivity (Wildman–Crippen MR) is 111 cm³/mol. The predicted octanol–water partition coefficient (Wildman–Crippen LogP) is 4.63. The first-order valence-corrected chi connectivity index (χ1v) is 10.2. The summed E-state index contributed by atoms with van der Waals surface area (Å²) < 4.78 is 11.4. The Bertz CT molecular complexity index is 930. The maximum Gasteiger partial charge on any atom is 0.276 e. The Balaban J connectivity index is 1.52. The van der Waals surface area contributed by atoms with Gasteiger partial charge in [-0.3, -0.25) is 0 Å². The molecule has 0 atom stereocenters. The molecule has 0 radical (unpaired) electrons. The summed E-state index contributed by atoms with van der Waals surface area (Å²) in [7, 11) is 0. The Labute approximate surface area is 169 Å². The Kier molecular flexibility index (Phi) is 6.93. The van der Waals surface area contributed by atoms with Crippen molar-refractivity contribution in [2.75, 3.05) is 30.3 Å². The zero-order valence-corrected chi connectivity index (χ0v) is 16.8. The number of thioether (sulfide) groups is 1. The van der Waals surface area contributed by atoms with E-state index in [2.05, 4.69) is 47.1 Å². The molecule has 0 spiro atoms. The van der Waals surface area contributed by atoms with Crippen LogP contribution in [0.2, 0.25) is 0 Å². The van der Waals surface area contributed by atoms with E-state index in [4.69, 9.17) is 14.4 Å². The number of hydrogen-bond donors (Lipinski definition) is 0. The molecule has 0 amide bonds. The van der Waals surface area contributed by atoms with Gasteiger partial charge in [-0.15, -0.1) is 10.2 Å². The van der Waals surface area contributed by atoms with Gasteiger partial charge in [-0.25, -0.2) is 0 Å². The molecule has 0 saturated carbocycles. The summed E-state index contributed by atoms with van der Waals surface area (Å²) in [5.74, 6) is 1.86. The summed E-state index contributed by atoms with van der Waals surface area (Å²) in [6.45, 7) is 6.71. The van der Waals surface area contributed by atoms with Gasteiger partial charge in [-0.1, -0.05) is 17.8 Å². The summed E-state index contributed by atoms with van der Waals surface area (Å²) in [6.07, 6.45) is 0. The highest BCUT2D eigenvalue weighted by molar-refractivity contribution is 7.99. The second-order valence-electron chi connectivity index (χ2n) is 5.93. The first kappa shape index (κ1) is 19.8. The van der Waals surface area contributed by atoms with Gasteiger partial charge in [0.05, 0.1) is 18.2 Å². The monoisotopic (exact) mass is 394 g/mol. The van der Waals surface area contributed by atoms with E-state index < -0.39 is 0 Å². The summed E-state index contributed by atoms with van der Waals surface area (Å²) >= 11 is 1.44. The van der Waals surface area contributed by atoms with Crippen LogP contribution in [0.4, 0.5) is 5.69 Å². The Morgan fingerprint density at radius 1 is 1.11 bits per heavy atom.